The van der Waals surface area contributed by atoms with Crippen LogP contribution in [0.5, 0.6) is 0 Å². The zero-order chi connectivity index (χ0) is 8.82. The molecule has 0 amide bonds. The molecule has 2 fully saturated rings. The second-order valence-corrected chi connectivity index (χ2v) is 7.99. The van der Waals surface area contributed by atoms with Gasteiger partial charge >= 0.3 is 0 Å². The molecule has 12 heavy (non-hydrogen) atoms. The third-order valence-corrected chi connectivity index (χ3v) is 6.77. The van der Waals surface area contributed by atoms with Crippen molar-refractivity contribution < 1.29 is 4.84 Å². The fourth-order valence-electron chi connectivity index (χ4n) is 1.44. The molecular weight excluding hydrogens is 169 g/mol. The fourth-order valence-corrected chi connectivity index (χ4v) is 4.67. The van der Waals surface area contributed by atoms with E-state index >= 15 is 0 Å². The molecule has 0 radical (unpaired) electrons. The zero-order valence-electron chi connectivity index (χ0n) is 8.22. The number of nitrogens with one attached hydrogen (secondary N) is 1. The number of hydrogen-bond donors (Lipinski definition) is 1. The van der Waals surface area contributed by atoms with E-state index in [1.54, 1.807) is 0 Å². The molecule has 0 saturated carbocycles. The Bertz CT molecular complexity index is 191. The van der Waals surface area contributed by atoms with E-state index in [0.29, 0.717) is 0 Å². The molecule has 4 heteroatoms. The minimum atomic E-state index is -0.388. The van der Waals surface area contributed by atoms with E-state index in [2.05, 4.69) is 25.7 Å². The monoisotopic (exact) mass is 187 g/mol. The Balaban J connectivity index is 1.75. The Kier molecular flexibility index (Phi) is 1.98. The summed E-state index contributed by atoms with van der Waals surface area (Å²) in [6.45, 7) is 7.86. The summed E-state index contributed by atoms with van der Waals surface area (Å²) in [6, 6.07) is 0. The van der Waals surface area contributed by atoms with Crippen molar-refractivity contribution in [2.24, 2.45) is 0 Å². The summed E-state index contributed by atoms with van der Waals surface area (Å²) >= 11 is 0. The van der Waals surface area contributed by atoms with Gasteiger partial charge in [-0.2, -0.15) is 15.0 Å². The summed E-state index contributed by atoms with van der Waals surface area (Å²) in [5.41, 5.74) is 0.0183. The molecule has 2 aliphatic heterocycles. The predicted octanol–water partition coefficient (Wildman–Crippen LogP) is 1.58. The minimum absolute atomic E-state index is 0.0183. The maximum absolute atomic E-state index is 5.71. The second-order valence-electron chi connectivity index (χ2n) is 4.52. The van der Waals surface area contributed by atoms with E-state index in [-0.39, 0.29) is 15.7 Å². The van der Waals surface area contributed by atoms with Crippen molar-refractivity contribution in [3.63, 3.8) is 0 Å². The van der Waals surface area contributed by atoms with Crippen molar-refractivity contribution in [2.75, 3.05) is 5.75 Å². The van der Waals surface area contributed by atoms with Gasteiger partial charge in [-0.15, -0.1) is 0 Å². The first kappa shape index (κ1) is 8.91. The molecule has 0 aromatic heterocycles. The van der Waals surface area contributed by atoms with Crippen molar-refractivity contribution in [3.05, 3.63) is 0 Å². The number of hydrogen-bond acceptors (Lipinski definition) is 2. The van der Waals surface area contributed by atoms with Crippen LogP contribution < -0.4 is 4.89 Å². The van der Waals surface area contributed by atoms with E-state index < -0.39 is 0 Å². The molecule has 0 spiro atoms. The molecular formula is C8H18BNOS. The Morgan fingerprint density at radius 2 is 2.42 bits per heavy atom. The molecule has 2 rings (SSSR count). The van der Waals surface area contributed by atoms with Crippen molar-refractivity contribution in [3.8, 4) is 0 Å². The Morgan fingerprint density at radius 3 is 2.75 bits per heavy atom. The molecule has 1 N–H and O–H groups in total. The van der Waals surface area contributed by atoms with E-state index in [1.165, 1.54) is 18.6 Å². The van der Waals surface area contributed by atoms with Gasteiger partial charge in [-0.3, -0.25) is 4.84 Å². The van der Waals surface area contributed by atoms with Crippen LogP contribution in [0.1, 0.15) is 27.2 Å². The second kappa shape index (κ2) is 2.66. The predicted molar refractivity (Wildman–Crippen MR) is 56.8 cm³/mol. The van der Waals surface area contributed by atoms with Gasteiger partial charge in [-0.25, -0.2) is 0 Å². The van der Waals surface area contributed by atoms with Crippen LogP contribution in [0.15, 0.2) is 0 Å². The molecule has 2 saturated heterocycles. The first-order valence-corrected chi connectivity index (χ1v) is 6.84. The summed E-state index contributed by atoms with van der Waals surface area (Å²) in [7, 11) is -0.388. The maximum atomic E-state index is 5.71. The van der Waals surface area contributed by atoms with Gasteiger partial charge in [0.05, 0.1) is 5.60 Å². The number of rotatable bonds is 4. The van der Waals surface area contributed by atoms with Crippen LogP contribution in [0.2, 0.25) is 6.32 Å². The van der Waals surface area contributed by atoms with Crippen molar-refractivity contribution in [1.29, 1.82) is 0 Å². The molecule has 0 bridgehead atoms. The fraction of sp³-hybridized carbons (Fsp3) is 1.00. The van der Waals surface area contributed by atoms with Gasteiger partial charge in [0.1, 0.15) is 0 Å². The van der Waals surface area contributed by atoms with E-state index in [1.807, 2.05) is 0 Å². The highest BCUT2D eigenvalue weighted by Crippen LogP contribution is 2.73. The number of fused-ring (bicyclic) bond motifs is 1. The van der Waals surface area contributed by atoms with Crippen LogP contribution in [0.25, 0.3) is 0 Å². The topological polar surface area (TPSA) is 21.3 Å². The molecule has 2 heterocycles. The lowest BCUT2D eigenvalue weighted by Crippen LogP contribution is -2.34. The first-order chi connectivity index (χ1) is 5.58. The van der Waals surface area contributed by atoms with Gasteiger partial charge < -0.3 is 0 Å². The highest BCUT2D eigenvalue weighted by Gasteiger charge is 2.58. The van der Waals surface area contributed by atoms with Crippen molar-refractivity contribution >= 4 is 16.6 Å². The minimum Gasteiger partial charge on any atom is -0.288 e. The van der Waals surface area contributed by atoms with Crippen LogP contribution in [-0.2, 0) is 4.84 Å². The average molecular weight is 187 g/mol. The van der Waals surface area contributed by atoms with Gasteiger partial charge in [0, 0.05) is 0 Å². The molecule has 0 aromatic carbocycles. The van der Waals surface area contributed by atoms with Crippen molar-refractivity contribution in [2.45, 2.75) is 44.4 Å². The van der Waals surface area contributed by atoms with Gasteiger partial charge in [-0.05, 0) is 31.3 Å². The van der Waals surface area contributed by atoms with E-state index in [9.17, 15) is 0 Å². The molecule has 0 aromatic rings. The maximum Gasteiger partial charge on any atom is 0.192 e. The largest absolute Gasteiger partial charge is 0.288 e. The molecule has 2 atom stereocenters. The van der Waals surface area contributed by atoms with Gasteiger partial charge in [0.2, 0.25) is 0 Å². The Labute approximate surface area is 77.0 Å². The molecule has 70 valence electrons. The Hall–Kier alpha value is 0.335. The van der Waals surface area contributed by atoms with Crippen LogP contribution in [0.3, 0.4) is 0 Å². The lowest BCUT2D eigenvalue weighted by Gasteiger charge is -2.34. The van der Waals surface area contributed by atoms with Gasteiger partial charge in [0.25, 0.3) is 0 Å². The Morgan fingerprint density at radius 1 is 1.67 bits per heavy atom. The summed E-state index contributed by atoms with van der Waals surface area (Å²) < 4.78 is 0. The molecule has 2 nitrogen and oxygen atoms in total. The van der Waals surface area contributed by atoms with Crippen LogP contribution in [0.4, 0.5) is 0 Å². The van der Waals surface area contributed by atoms with Crippen LogP contribution >= 0.6 is 10.1 Å². The molecule has 0 aliphatic carbocycles. The average Bonchev–Trinajstić information content (AvgIpc) is 2.52. The van der Waals surface area contributed by atoms with Gasteiger partial charge in [-0.1, -0.05) is 13.2 Å². The third-order valence-electron chi connectivity index (χ3n) is 3.15. The van der Waals surface area contributed by atoms with Crippen molar-refractivity contribution in [1.82, 2.24) is 4.89 Å². The lowest BCUT2D eigenvalue weighted by molar-refractivity contribution is -0.0479. The third kappa shape index (κ3) is 1.40. The SMILES string of the molecule is CCC(C)(C)ONS12BCC1C2. The van der Waals surface area contributed by atoms with Crippen LogP contribution in [0, 0.1) is 0 Å². The van der Waals surface area contributed by atoms with Crippen LogP contribution in [-0.4, -0.2) is 23.2 Å². The van der Waals surface area contributed by atoms with Gasteiger partial charge in [0.15, 0.2) is 6.56 Å². The molecule has 2 aliphatic rings. The lowest BCUT2D eigenvalue weighted by atomic mass is 10.00. The highest BCUT2D eigenvalue weighted by atomic mass is 32.3. The zero-order valence-corrected chi connectivity index (χ0v) is 9.04. The molecule has 2 unspecified atom stereocenters. The highest BCUT2D eigenvalue weighted by molar-refractivity contribution is 8.58. The summed E-state index contributed by atoms with van der Waals surface area (Å²) in [5.74, 6) is 1.42. The quantitative estimate of drug-likeness (QED) is 0.410. The first-order valence-electron chi connectivity index (χ1n) is 4.80. The van der Waals surface area contributed by atoms with E-state index in [4.69, 9.17) is 4.84 Å². The smallest absolute Gasteiger partial charge is 0.192 e. The summed E-state index contributed by atoms with van der Waals surface area (Å²) in [6.07, 6.45) is 2.51. The summed E-state index contributed by atoms with van der Waals surface area (Å²) in [4.78, 5) is 9.06. The normalized spacial score (nSPS) is 43.4. The van der Waals surface area contributed by atoms with E-state index in [0.717, 1.165) is 11.7 Å². The summed E-state index contributed by atoms with van der Waals surface area (Å²) in [5, 5.41) is 1.02. The standard InChI is InChI=1S/C8H18BNOS/c1-4-8(2,3)11-10-12-6-7(12)5-9-12/h7,9-10H,4-6H2,1-3H3.